The van der Waals surface area contributed by atoms with Gasteiger partial charge in [-0.2, -0.15) is 0 Å². The van der Waals surface area contributed by atoms with E-state index in [2.05, 4.69) is 20.8 Å². The molecule has 0 radical (unpaired) electrons. The zero-order chi connectivity index (χ0) is 11.5. The maximum absolute atomic E-state index is 11.5. The van der Waals surface area contributed by atoms with Gasteiger partial charge < -0.3 is 5.11 Å². The van der Waals surface area contributed by atoms with Crippen molar-refractivity contribution in [3.63, 3.8) is 0 Å². The molecule has 15 heavy (non-hydrogen) atoms. The summed E-state index contributed by atoms with van der Waals surface area (Å²) in [5.74, 6) is 0.481. The number of carboxylic acids is 1. The van der Waals surface area contributed by atoms with Crippen molar-refractivity contribution in [1.29, 1.82) is 0 Å². The number of carboxylic acid groups (broad SMARTS) is 1. The lowest BCUT2D eigenvalue weighted by Gasteiger charge is -2.40. The van der Waals surface area contributed by atoms with E-state index in [4.69, 9.17) is 0 Å². The van der Waals surface area contributed by atoms with Crippen LogP contribution in [0, 0.1) is 17.3 Å². The molecule has 0 aromatic rings. The van der Waals surface area contributed by atoms with Gasteiger partial charge in [0, 0.05) is 0 Å². The largest absolute Gasteiger partial charge is 0.481 e. The quantitative estimate of drug-likeness (QED) is 0.771. The number of rotatable bonds is 4. The molecule has 0 saturated heterocycles. The topological polar surface area (TPSA) is 37.3 Å². The first-order chi connectivity index (χ1) is 7.03. The summed E-state index contributed by atoms with van der Waals surface area (Å²) < 4.78 is 0. The van der Waals surface area contributed by atoms with Gasteiger partial charge in [0.2, 0.25) is 0 Å². The third-order valence-corrected chi connectivity index (χ3v) is 4.26. The number of aliphatic carboxylic acids is 1. The fraction of sp³-hybridized carbons (Fsp3) is 0.923. The molecular formula is C13H24O2. The van der Waals surface area contributed by atoms with Crippen LogP contribution >= 0.6 is 0 Å². The predicted molar refractivity (Wildman–Crippen MR) is 61.8 cm³/mol. The van der Waals surface area contributed by atoms with Gasteiger partial charge in [-0.3, -0.25) is 4.79 Å². The SMILES string of the molecule is CCCC(C)C1(C(=O)O)CCC(C)CC1. The molecule has 0 heterocycles. The molecule has 1 aliphatic carbocycles. The second-order valence-electron chi connectivity index (χ2n) is 5.33. The van der Waals surface area contributed by atoms with Crippen LogP contribution in [-0.4, -0.2) is 11.1 Å². The van der Waals surface area contributed by atoms with Crippen LogP contribution in [0.1, 0.15) is 59.3 Å². The number of hydrogen-bond donors (Lipinski definition) is 1. The summed E-state index contributed by atoms with van der Waals surface area (Å²) in [6.45, 7) is 6.49. The van der Waals surface area contributed by atoms with E-state index in [0.29, 0.717) is 11.8 Å². The van der Waals surface area contributed by atoms with Gasteiger partial charge in [0.05, 0.1) is 5.41 Å². The van der Waals surface area contributed by atoms with Crippen molar-refractivity contribution in [3.05, 3.63) is 0 Å². The molecule has 0 aromatic carbocycles. The van der Waals surface area contributed by atoms with Gasteiger partial charge >= 0.3 is 5.97 Å². The highest BCUT2D eigenvalue weighted by Crippen LogP contribution is 2.46. The van der Waals surface area contributed by atoms with Crippen molar-refractivity contribution in [1.82, 2.24) is 0 Å². The van der Waals surface area contributed by atoms with Crippen LogP contribution in [0.25, 0.3) is 0 Å². The Bertz CT molecular complexity index is 215. The standard InChI is InChI=1S/C13H24O2/c1-4-5-11(3)13(12(14)15)8-6-10(2)7-9-13/h10-11H,4-9H2,1-3H3,(H,14,15). The van der Waals surface area contributed by atoms with Crippen molar-refractivity contribution in [2.75, 3.05) is 0 Å². The third-order valence-electron chi connectivity index (χ3n) is 4.26. The van der Waals surface area contributed by atoms with Crippen molar-refractivity contribution < 1.29 is 9.90 Å². The minimum atomic E-state index is -0.560. The van der Waals surface area contributed by atoms with Crippen LogP contribution in [0.2, 0.25) is 0 Å². The summed E-state index contributed by atoms with van der Waals surface area (Å²) >= 11 is 0. The van der Waals surface area contributed by atoms with Crippen molar-refractivity contribution >= 4 is 5.97 Å². The Balaban J connectivity index is 2.75. The van der Waals surface area contributed by atoms with Crippen LogP contribution in [0.3, 0.4) is 0 Å². The lowest BCUT2D eigenvalue weighted by Crippen LogP contribution is -2.40. The van der Waals surface area contributed by atoms with E-state index < -0.39 is 11.4 Å². The van der Waals surface area contributed by atoms with Crippen LogP contribution in [0.15, 0.2) is 0 Å². The molecule has 1 fully saturated rings. The van der Waals surface area contributed by atoms with Gasteiger partial charge in [0.15, 0.2) is 0 Å². The molecule has 0 bridgehead atoms. The maximum Gasteiger partial charge on any atom is 0.309 e. The summed E-state index contributed by atoms with van der Waals surface area (Å²) in [6, 6.07) is 0. The van der Waals surface area contributed by atoms with E-state index in [1.54, 1.807) is 0 Å². The lowest BCUT2D eigenvalue weighted by atomic mass is 9.63. The molecule has 0 spiro atoms. The minimum absolute atomic E-state index is 0.326. The summed E-state index contributed by atoms with van der Waals surface area (Å²) in [7, 11) is 0. The first-order valence-corrected chi connectivity index (χ1v) is 6.26. The average molecular weight is 212 g/mol. The monoisotopic (exact) mass is 212 g/mol. The van der Waals surface area contributed by atoms with Crippen LogP contribution < -0.4 is 0 Å². The summed E-state index contributed by atoms with van der Waals surface area (Å²) in [6.07, 6.45) is 6.06. The Morgan fingerprint density at radius 3 is 2.40 bits per heavy atom. The molecule has 0 aromatic heterocycles. The summed E-state index contributed by atoms with van der Waals surface area (Å²) in [5.41, 5.74) is -0.414. The molecule has 1 aliphatic rings. The van der Waals surface area contributed by atoms with E-state index in [1.807, 2.05) is 0 Å². The highest BCUT2D eigenvalue weighted by molar-refractivity contribution is 5.75. The van der Waals surface area contributed by atoms with Crippen molar-refractivity contribution in [2.24, 2.45) is 17.3 Å². The smallest absolute Gasteiger partial charge is 0.309 e. The fourth-order valence-corrected chi connectivity index (χ4v) is 2.90. The molecule has 0 amide bonds. The van der Waals surface area contributed by atoms with Crippen molar-refractivity contribution in [2.45, 2.75) is 59.3 Å². The number of hydrogen-bond acceptors (Lipinski definition) is 1. The van der Waals surface area contributed by atoms with E-state index in [9.17, 15) is 9.90 Å². The lowest BCUT2D eigenvalue weighted by molar-refractivity contribution is -0.155. The van der Waals surface area contributed by atoms with Crippen LogP contribution in [0.5, 0.6) is 0 Å². The van der Waals surface area contributed by atoms with Gasteiger partial charge in [0.1, 0.15) is 0 Å². The van der Waals surface area contributed by atoms with E-state index in [1.165, 1.54) is 0 Å². The first-order valence-electron chi connectivity index (χ1n) is 6.26. The zero-order valence-corrected chi connectivity index (χ0v) is 10.3. The normalized spacial score (nSPS) is 33.7. The Labute approximate surface area is 93.1 Å². The molecule has 1 saturated carbocycles. The number of carbonyl (C=O) groups is 1. The predicted octanol–water partition coefficient (Wildman–Crippen LogP) is 3.70. The second kappa shape index (κ2) is 5.00. The Morgan fingerprint density at radius 1 is 1.47 bits per heavy atom. The fourth-order valence-electron chi connectivity index (χ4n) is 2.90. The van der Waals surface area contributed by atoms with Gasteiger partial charge in [-0.15, -0.1) is 0 Å². The first kappa shape index (κ1) is 12.5. The molecule has 2 nitrogen and oxygen atoms in total. The van der Waals surface area contributed by atoms with Crippen LogP contribution in [-0.2, 0) is 4.79 Å². The van der Waals surface area contributed by atoms with E-state index in [0.717, 1.165) is 38.5 Å². The minimum Gasteiger partial charge on any atom is -0.481 e. The third kappa shape index (κ3) is 2.53. The van der Waals surface area contributed by atoms with E-state index in [-0.39, 0.29) is 0 Å². The average Bonchev–Trinajstić information content (AvgIpc) is 2.19. The van der Waals surface area contributed by atoms with Gasteiger partial charge in [-0.1, -0.05) is 27.2 Å². The molecule has 1 N–H and O–H groups in total. The van der Waals surface area contributed by atoms with Gasteiger partial charge in [-0.25, -0.2) is 0 Å². The molecule has 1 atom stereocenters. The summed E-state index contributed by atoms with van der Waals surface area (Å²) in [5, 5.41) is 9.47. The zero-order valence-electron chi connectivity index (χ0n) is 10.3. The Kier molecular flexibility index (Phi) is 4.18. The molecule has 2 heteroatoms. The van der Waals surface area contributed by atoms with Gasteiger partial charge in [-0.05, 0) is 43.9 Å². The highest BCUT2D eigenvalue weighted by atomic mass is 16.4. The van der Waals surface area contributed by atoms with Crippen molar-refractivity contribution in [3.8, 4) is 0 Å². The van der Waals surface area contributed by atoms with E-state index >= 15 is 0 Å². The molecule has 88 valence electrons. The second-order valence-corrected chi connectivity index (χ2v) is 5.33. The molecule has 1 rings (SSSR count). The Hall–Kier alpha value is -0.530. The van der Waals surface area contributed by atoms with Gasteiger partial charge in [0.25, 0.3) is 0 Å². The molecule has 1 unspecified atom stereocenters. The highest BCUT2D eigenvalue weighted by Gasteiger charge is 2.44. The molecular weight excluding hydrogens is 188 g/mol. The summed E-state index contributed by atoms with van der Waals surface area (Å²) in [4.78, 5) is 11.5. The molecule has 0 aliphatic heterocycles. The maximum atomic E-state index is 11.5. The Morgan fingerprint density at radius 2 is 2.00 bits per heavy atom. The van der Waals surface area contributed by atoms with Crippen LogP contribution in [0.4, 0.5) is 0 Å².